The zero-order chi connectivity index (χ0) is 25.8. The van der Waals surface area contributed by atoms with Crippen LogP contribution in [0.1, 0.15) is 21.5 Å². The first-order valence-corrected chi connectivity index (χ1v) is 12.7. The standard InChI is InChI=1S/C17H14Br2N2O4.C6H3Br2NO/c1-24-16(22)15(7-12-13(18)8-20-9-14(12)19)21-17(23)25-10-11-5-3-2-4-6-11;7-5-1-9-2-6(8)4(5)3-10/h2-9H,10H2,1H3,(H,21,23);1-3H/b15-7-;. The van der Waals surface area contributed by atoms with Crippen molar-refractivity contribution in [2.45, 2.75) is 6.61 Å². The Labute approximate surface area is 235 Å². The molecule has 0 aliphatic heterocycles. The molecule has 0 saturated carbocycles. The van der Waals surface area contributed by atoms with Gasteiger partial charge in [-0.1, -0.05) is 30.3 Å². The molecule has 1 N–H and O–H groups in total. The van der Waals surface area contributed by atoms with Crippen molar-refractivity contribution < 1.29 is 23.9 Å². The normalized spacial score (nSPS) is 10.5. The third kappa shape index (κ3) is 9.28. The van der Waals surface area contributed by atoms with Crippen LogP contribution in [-0.2, 0) is 20.9 Å². The lowest BCUT2D eigenvalue weighted by molar-refractivity contribution is -0.136. The molecule has 3 aromatic rings. The molecule has 0 radical (unpaired) electrons. The number of nitrogens with zero attached hydrogens (tertiary/aromatic N) is 2. The number of carbonyl (C=O) groups is 3. The zero-order valence-electron chi connectivity index (χ0n) is 18.0. The van der Waals surface area contributed by atoms with Crippen molar-refractivity contribution in [1.29, 1.82) is 0 Å². The molecule has 0 atom stereocenters. The van der Waals surface area contributed by atoms with Crippen molar-refractivity contribution in [2.24, 2.45) is 0 Å². The molecule has 0 aliphatic rings. The van der Waals surface area contributed by atoms with E-state index in [0.29, 0.717) is 29.0 Å². The lowest BCUT2D eigenvalue weighted by atomic mass is 10.2. The monoisotopic (exact) mass is 731 g/mol. The number of benzene rings is 1. The maximum absolute atomic E-state index is 12.0. The summed E-state index contributed by atoms with van der Waals surface area (Å²) in [5.74, 6) is -0.702. The van der Waals surface area contributed by atoms with E-state index >= 15 is 0 Å². The average Bonchev–Trinajstić information content (AvgIpc) is 2.85. The van der Waals surface area contributed by atoms with E-state index in [0.717, 1.165) is 11.8 Å². The van der Waals surface area contributed by atoms with E-state index < -0.39 is 12.1 Å². The summed E-state index contributed by atoms with van der Waals surface area (Å²) in [6.07, 6.45) is 7.77. The molecular formula is C23H17Br4N3O5. The van der Waals surface area contributed by atoms with Gasteiger partial charge in [-0.15, -0.1) is 0 Å². The summed E-state index contributed by atoms with van der Waals surface area (Å²) in [6, 6.07) is 9.21. The van der Waals surface area contributed by atoms with E-state index in [9.17, 15) is 14.4 Å². The highest BCUT2D eigenvalue weighted by Crippen LogP contribution is 2.26. The van der Waals surface area contributed by atoms with Crippen molar-refractivity contribution in [3.8, 4) is 0 Å². The highest BCUT2D eigenvalue weighted by atomic mass is 79.9. The fraction of sp³-hybridized carbons (Fsp3) is 0.0870. The molecule has 2 aromatic heterocycles. The lowest BCUT2D eigenvalue weighted by Gasteiger charge is -2.10. The van der Waals surface area contributed by atoms with Crippen LogP contribution in [0.15, 0.2) is 78.7 Å². The number of halogens is 4. The minimum Gasteiger partial charge on any atom is -0.464 e. The maximum Gasteiger partial charge on any atom is 0.412 e. The molecule has 0 spiro atoms. The number of aldehydes is 1. The van der Waals surface area contributed by atoms with Gasteiger partial charge in [-0.05, 0) is 75.4 Å². The Morgan fingerprint density at radius 3 is 1.86 bits per heavy atom. The highest BCUT2D eigenvalue weighted by Gasteiger charge is 2.16. The number of aromatic nitrogens is 2. The molecule has 0 unspecified atom stereocenters. The number of hydrogen-bond acceptors (Lipinski definition) is 7. The van der Waals surface area contributed by atoms with E-state index in [1.165, 1.54) is 13.2 Å². The molecule has 0 aliphatic carbocycles. The van der Waals surface area contributed by atoms with E-state index in [-0.39, 0.29) is 12.3 Å². The van der Waals surface area contributed by atoms with Gasteiger partial charge in [0.1, 0.15) is 12.3 Å². The molecule has 182 valence electrons. The van der Waals surface area contributed by atoms with Crippen LogP contribution < -0.4 is 5.32 Å². The van der Waals surface area contributed by atoms with Gasteiger partial charge in [0.25, 0.3) is 0 Å². The van der Waals surface area contributed by atoms with E-state index in [1.54, 1.807) is 24.8 Å². The van der Waals surface area contributed by atoms with Gasteiger partial charge in [0.05, 0.1) is 7.11 Å². The molecular weight excluding hydrogens is 718 g/mol. The number of rotatable bonds is 6. The van der Waals surface area contributed by atoms with Gasteiger partial charge in [0.15, 0.2) is 6.29 Å². The minimum atomic E-state index is -0.762. The summed E-state index contributed by atoms with van der Waals surface area (Å²) >= 11 is 13.0. The van der Waals surface area contributed by atoms with Crippen LogP contribution in [0.4, 0.5) is 4.79 Å². The summed E-state index contributed by atoms with van der Waals surface area (Å²) in [5.41, 5.74) is 1.99. The van der Waals surface area contributed by atoms with Crippen molar-refractivity contribution in [3.63, 3.8) is 0 Å². The molecule has 2 heterocycles. The van der Waals surface area contributed by atoms with E-state index in [1.807, 2.05) is 30.3 Å². The zero-order valence-corrected chi connectivity index (χ0v) is 24.3. The first-order chi connectivity index (χ1) is 16.8. The minimum absolute atomic E-state index is 0.0619. The Morgan fingerprint density at radius 1 is 0.886 bits per heavy atom. The Hall–Kier alpha value is -2.41. The Bertz CT molecular complexity index is 1180. The topological polar surface area (TPSA) is 107 Å². The molecule has 12 heteroatoms. The maximum atomic E-state index is 12.0. The lowest BCUT2D eigenvalue weighted by Crippen LogP contribution is -2.28. The second kappa shape index (κ2) is 14.9. The second-order valence-corrected chi connectivity index (χ2v) is 9.81. The summed E-state index contributed by atoms with van der Waals surface area (Å²) in [6.45, 7) is 0.0871. The third-order valence-corrected chi connectivity index (χ3v) is 6.57. The summed E-state index contributed by atoms with van der Waals surface area (Å²) in [4.78, 5) is 42.1. The van der Waals surface area contributed by atoms with Gasteiger partial charge >= 0.3 is 12.1 Å². The SMILES string of the molecule is COC(=O)/C(=C/c1c(Br)cncc1Br)NC(=O)OCc1ccccc1.O=Cc1c(Br)cncc1Br. The quantitative estimate of drug-likeness (QED) is 0.176. The van der Waals surface area contributed by atoms with E-state index in [2.05, 4.69) is 79.0 Å². The first-order valence-electron chi connectivity index (χ1n) is 9.57. The molecule has 0 bridgehead atoms. The number of amides is 1. The van der Waals surface area contributed by atoms with Crippen molar-refractivity contribution >= 4 is 88.1 Å². The smallest absolute Gasteiger partial charge is 0.412 e. The van der Waals surface area contributed by atoms with Crippen molar-refractivity contribution in [2.75, 3.05) is 7.11 Å². The average molecular weight is 735 g/mol. The highest BCUT2D eigenvalue weighted by molar-refractivity contribution is 9.11. The van der Waals surface area contributed by atoms with Gasteiger partial charge < -0.3 is 9.47 Å². The molecule has 0 saturated heterocycles. The number of pyridine rings is 2. The largest absolute Gasteiger partial charge is 0.464 e. The van der Waals surface area contributed by atoms with Gasteiger partial charge in [-0.3, -0.25) is 20.1 Å². The number of methoxy groups -OCH3 is 1. The van der Waals surface area contributed by atoms with Crippen molar-refractivity contribution in [1.82, 2.24) is 15.3 Å². The summed E-state index contributed by atoms with van der Waals surface area (Å²) in [5, 5.41) is 2.40. The second-order valence-electron chi connectivity index (χ2n) is 6.39. The summed E-state index contributed by atoms with van der Waals surface area (Å²) < 4.78 is 12.5. The molecule has 8 nitrogen and oxygen atoms in total. The van der Waals surface area contributed by atoms with Crippen LogP contribution >= 0.6 is 63.7 Å². The molecule has 35 heavy (non-hydrogen) atoms. The number of alkyl carbamates (subject to hydrolysis) is 1. The van der Waals surface area contributed by atoms with Crippen LogP contribution in [0, 0.1) is 0 Å². The Kier molecular flexibility index (Phi) is 12.2. The first kappa shape index (κ1) is 28.8. The number of ether oxygens (including phenoxy) is 2. The van der Waals surface area contributed by atoms with Gasteiger partial charge in [0.2, 0.25) is 0 Å². The third-order valence-electron chi connectivity index (χ3n) is 4.04. The van der Waals surface area contributed by atoms with Crippen molar-refractivity contribution in [3.05, 3.63) is 95.4 Å². The molecule has 3 rings (SSSR count). The number of nitrogens with one attached hydrogen (secondary N) is 1. The number of carbonyl (C=O) groups excluding carboxylic acids is 3. The predicted octanol–water partition coefficient (Wildman–Crippen LogP) is 6.47. The predicted molar refractivity (Wildman–Crippen MR) is 144 cm³/mol. The van der Waals surface area contributed by atoms with Crippen LogP contribution in [0.5, 0.6) is 0 Å². The molecule has 1 aromatic carbocycles. The van der Waals surface area contributed by atoms with Crippen LogP contribution in [0.2, 0.25) is 0 Å². The van der Waals surface area contributed by atoms with E-state index in [4.69, 9.17) is 9.47 Å². The molecule has 1 amide bonds. The fourth-order valence-corrected chi connectivity index (χ4v) is 4.64. The molecule has 0 fully saturated rings. The van der Waals surface area contributed by atoms with Crippen LogP contribution in [0.25, 0.3) is 6.08 Å². The number of hydrogen-bond donors (Lipinski definition) is 1. The Morgan fingerprint density at radius 2 is 1.40 bits per heavy atom. The Balaban J connectivity index is 0.000000360. The van der Waals surface area contributed by atoms with Gasteiger partial charge in [0, 0.05) is 53.8 Å². The summed E-state index contributed by atoms with van der Waals surface area (Å²) in [7, 11) is 1.23. The van der Waals surface area contributed by atoms with Crippen LogP contribution in [-0.4, -0.2) is 35.4 Å². The van der Waals surface area contributed by atoms with Crippen LogP contribution in [0.3, 0.4) is 0 Å². The van der Waals surface area contributed by atoms with Gasteiger partial charge in [-0.25, -0.2) is 9.59 Å². The van der Waals surface area contributed by atoms with Gasteiger partial charge in [-0.2, -0.15) is 0 Å². The fourth-order valence-electron chi connectivity index (χ4n) is 2.36. The number of esters is 1.